The third kappa shape index (κ3) is 5.07. The van der Waals surface area contributed by atoms with Crippen LogP contribution in [0.1, 0.15) is 15.9 Å². The van der Waals surface area contributed by atoms with Crippen LogP contribution in [0.15, 0.2) is 77.7 Å². The van der Waals surface area contributed by atoms with E-state index < -0.39 is 16.0 Å². The van der Waals surface area contributed by atoms with E-state index in [4.69, 9.17) is 16.3 Å². The highest BCUT2D eigenvalue weighted by atomic mass is 35.5. The summed E-state index contributed by atoms with van der Waals surface area (Å²) in [4.78, 5) is 12.1. The Bertz CT molecular complexity index is 1100. The number of hydrogen-bond donors (Lipinski definition) is 2. The lowest BCUT2D eigenvalue weighted by molar-refractivity contribution is 0.0601. The van der Waals surface area contributed by atoms with Gasteiger partial charge in [0.15, 0.2) is 0 Å². The van der Waals surface area contributed by atoms with Crippen LogP contribution in [0.2, 0.25) is 5.02 Å². The molecule has 0 atom stereocenters. The molecule has 0 saturated carbocycles. The second-order valence-electron chi connectivity index (χ2n) is 6.13. The second kappa shape index (κ2) is 8.98. The maximum Gasteiger partial charge on any atom is 0.340 e. The first-order valence-corrected chi connectivity index (χ1v) is 10.5. The summed E-state index contributed by atoms with van der Waals surface area (Å²) in [6.45, 7) is 0.426. The normalized spacial score (nSPS) is 11.0. The van der Waals surface area contributed by atoms with Crippen molar-refractivity contribution in [2.75, 3.05) is 17.1 Å². The first kappa shape index (κ1) is 20.7. The fourth-order valence-corrected chi connectivity index (χ4v) is 4.31. The molecule has 8 heteroatoms. The highest BCUT2D eigenvalue weighted by Crippen LogP contribution is 2.31. The molecule has 0 fully saturated rings. The van der Waals surface area contributed by atoms with E-state index in [9.17, 15) is 13.2 Å². The third-order valence-corrected chi connectivity index (χ3v) is 5.96. The van der Waals surface area contributed by atoms with Crippen molar-refractivity contribution < 1.29 is 17.9 Å². The van der Waals surface area contributed by atoms with Gasteiger partial charge in [-0.1, -0.05) is 60.1 Å². The molecule has 0 unspecified atom stereocenters. The lowest BCUT2D eigenvalue weighted by Gasteiger charge is -2.15. The van der Waals surface area contributed by atoms with Crippen LogP contribution in [0.4, 0.5) is 11.4 Å². The van der Waals surface area contributed by atoms with Gasteiger partial charge in [0.1, 0.15) is 4.90 Å². The van der Waals surface area contributed by atoms with Gasteiger partial charge < -0.3 is 10.1 Å². The van der Waals surface area contributed by atoms with Gasteiger partial charge in [-0.15, -0.1) is 0 Å². The standard InChI is InChI=1S/C21H19ClN2O4S/c1-28-21(25)17-12-20(29(26,27)24-16-10-6-3-7-11-16)18(22)13-19(17)23-14-15-8-4-2-5-9-15/h2-13,23-24H,14H2,1H3. The Morgan fingerprint density at radius 1 is 1.00 bits per heavy atom. The molecule has 3 aromatic rings. The van der Waals surface area contributed by atoms with Gasteiger partial charge in [-0.2, -0.15) is 0 Å². The average Bonchev–Trinajstić information content (AvgIpc) is 2.72. The van der Waals surface area contributed by atoms with E-state index >= 15 is 0 Å². The van der Waals surface area contributed by atoms with Crippen molar-refractivity contribution in [2.24, 2.45) is 0 Å². The van der Waals surface area contributed by atoms with E-state index in [1.807, 2.05) is 30.3 Å². The lowest BCUT2D eigenvalue weighted by Crippen LogP contribution is -2.16. The predicted molar refractivity (Wildman–Crippen MR) is 114 cm³/mol. The molecule has 0 amide bonds. The number of methoxy groups -OCH3 is 1. The zero-order valence-electron chi connectivity index (χ0n) is 15.6. The van der Waals surface area contributed by atoms with Crippen LogP contribution in [0.5, 0.6) is 0 Å². The van der Waals surface area contributed by atoms with E-state index in [0.717, 1.165) is 5.56 Å². The number of hydrogen-bond acceptors (Lipinski definition) is 5. The number of nitrogens with one attached hydrogen (secondary N) is 2. The van der Waals surface area contributed by atoms with Crippen molar-refractivity contribution in [2.45, 2.75) is 11.4 Å². The van der Waals surface area contributed by atoms with Gasteiger partial charge in [0.05, 0.1) is 23.4 Å². The Balaban J connectivity index is 1.96. The number of carbonyl (C=O) groups is 1. The SMILES string of the molecule is COC(=O)c1cc(S(=O)(=O)Nc2ccccc2)c(Cl)cc1NCc1ccccc1. The van der Waals surface area contributed by atoms with Crippen LogP contribution in [-0.4, -0.2) is 21.5 Å². The zero-order chi connectivity index (χ0) is 20.9. The Morgan fingerprint density at radius 3 is 2.24 bits per heavy atom. The van der Waals surface area contributed by atoms with E-state index in [0.29, 0.717) is 17.9 Å². The quantitative estimate of drug-likeness (QED) is 0.537. The Hall–Kier alpha value is -3.03. The van der Waals surface area contributed by atoms with E-state index in [1.165, 1.54) is 19.2 Å². The molecule has 0 saturated heterocycles. The van der Waals surface area contributed by atoms with Gasteiger partial charge in [0.25, 0.3) is 10.0 Å². The number of para-hydroxylation sites is 1. The predicted octanol–water partition coefficient (Wildman–Crippen LogP) is 4.54. The van der Waals surface area contributed by atoms with Crippen molar-refractivity contribution in [3.8, 4) is 0 Å². The van der Waals surface area contributed by atoms with Crippen LogP contribution in [0, 0.1) is 0 Å². The molecule has 0 aliphatic rings. The van der Waals surface area contributed by atoms with E-state index in [2.05, 4.69) is 10.0 Å². The molecule has 0 aliphatic carbocycles. The van der Waals surface area contributed by atoms with E-state index in [1.54, 1.807) is 30.3 Å². The first-order valence-electron chi connectivity index (χ1n) is 8.68. The first-order chi connectivity index (χ1) is 13.9. The highest BCUT2D eigenvalue weighted by molar-refractivity contribution is 7.92. The maximum atomic E-state index is 12.8. The average molecular weight is 431 g/mol. The molecule has 0 radical (unpaired) electrons. The van der Waals surface area contributed by atoms with Crippen LogP contribution in [-0.2, 0) is 21.3 Å². The maximum absolute atomic E-state index is 12.8. The molecule has 29 heavy (non-hydrogen) atoms. The minimum Gasteiger partial charge on any atom is -0.465 e. The smallest absolute Gasteiger partial charge is 0.340 e. The number of rotatable bonds is 7. The molecule has 0 bridgehead atoms. The number of sulfonamides is 1. The second-order valence-corrected chi connectivity index (χ2v) is 8.19. The minimum atomic E-state index is -4.01. The molecular weight excluding hydrogens is 412 g/mol. The molecule has 3 rings (SSSR count). The van der Waals surface area contributed by atoms with Crippen molar-refractivity contribution in [1.29, 1.82) is 0 Å². The summed E-state index contributed by atoms with van der Waals surface area (Å²) in [6.07, 6.45) is 0. The summed E-state index contributed by atoms with van der Waals surface area (Å²) >= 11 is 6.27. The van der Waals surface area contributed by atoms with Gasteiger partial charge in [-0.3, -0.25) is 4.72 Å². The van der Waals surface area contributed by atoms with Gasteiger partial charge in [-0.25, -0.2) is 13.2 Å². The molecule has 0 aliphatic heterocycles. The fraction of sp³-hybridized carbons (Fsp3) is 0.0952. The van der Waals surface area contributed by atoms with Crippen molar-refractivity contribution in [1.82, 2.24) is 0 Å². The molecule has 0 heterocycles. The fourth-order valence-electron chi connectivity index (χ4n) is 2.69. The molecule has 150 valence electrons. The monoisotopic (exact) mass is 430 g/mol. The summed E-state index contributed by atoms with van der Waals surface area (Å²) in [5.74, 6) is -0.673. The largest absolute Gasteiger partial charge is 0.465 e. The van der Waals surface area contributed by atoms with Crippen LogP contribution in [0.3, 0.4) is 0 Å². The lowest BCUT2D eigenvalue weighted by atomic mass is 10.1. The summed E-state index contributed by atoms with van der Waals surface area (Å²) in [7, 11) is -2.78. The summed E-state index contributed by atoms with van der Waals surface area (Å²) in [6, 6.07) is 20.6. The Kier molecular flexibility index (Phi) is 6.41. The number of benzene rings is 3. The number of esters is 1. The van der Waals surface area contributed by atoms with Crippen LogP contribution >= 0.6 is 11.6 Å². The summed E-state index contributed by atoms with van der Waals surface area (Å²) in [5, 5.41) is 3.10. The van der Waals surface area contributed by atoms with Crippen molar-refractivity contribution in [3.05, 3.63) is 88.9 Å². The van der Waals surface area contributed by atoms with Crippen molar-refractivity contribution in [3.63, 3.8) is 0 Å². The third-order valence-electron chi connectivity index (χ3n) is 4.12. The Morgan fingerprint density at radius 2 is 1.62 bits per heavy atom. The zero-order valence-corrected chi connectivity index (χ0v) is 17.1. The van der Waals surface area contributed by atoms with Crippen LogP contribution in [0.25, 0.3) is 0 Å². The summed E-state index contributed by atoms with van der Waals surface area (Å²) < 4.78 is 32.9. The van der Waals surface area contributed by atoms with Gasteiger partial charge >= 0.3 is 5.97 Å². The topological polar surface area (TPSA) is 84.5 Å². The molecular formula is C21H19ClN2O4S. The van der Waals surface area contributed by atoms with Gasteiger partial charge in [0, 0.05) is 12.2 Å². The van der Waals surface area contributed by atoms with Crippen molar-refractivity contribution >= 4 is 39.0 Å². The molecule has 0 aromatic heterocycles. The molecule has 3 aromatic carbocycles. The highest BCUT2D eigenvalue weighted by Gasteiger charge is 2.23. The molecule has 0 spiro atoms. The minimum absolute atomic E-state index is 0.0170. The summed E-state index contributed by atoms with van der Waals surface area (Å²) in [5.41, 5.74) is 1.82. The van der Waals surface area contributed by atoms with Gasteiger partial charge in [0.2, 0.25) is 0 Å². The van der Waals surface area contributed by atoms with E-state index in [-0.39, 0.29) is 15.5 Å². The van der Waals surface area contributed by atoms with Gasteiger partial charge in [-0.05, 0) is 29.8 Å². The van der Waals surface area contributed by atoms with Crippen LogP contribution < -0.4 is 10.0 Å². The molecule has 6 nitrogen and oxygen atoms in total. The number of carbonyl (C=O) groups excluding carboxylic acids is 1. The number of ether oxygens (including phenoxy) is 1. The number of anilines is 2. The number of halogens is 1. The Labute approximate surface area is 174 Å². The molecule has 2 N–H and O–H groups in total.